The Morgan fingerprint density at radius 3 is 2.79 bits per heavy atom. The Balaban J connectivity index is 1.49. The number of benzene rings is 2. The molecule has 1 aliphatic heterocycles. The molecule has 1 aliphatic rings. The molecule has 0 radical (unpaired) electrons. The molecule has 3 rings (SSSR count). The fraction of sp³-hybridized carbons (Fsp3) is 0.263. The Bertz CT molecular complexity index is 916. The highest BCUT2D eigenvalue weighted by atomic mass is 32.2. The highest BCUT2D eigenvalue weighted by Gasteiger charge is 2.13. The normalized spacial score (nSPS) is 13.1. The number of hydrazone groups is 1. The van der Waals surface area contributed by atoms with Crippen LogP contribution < -0.4 is 14.9 Å². The van der Waals surface area contributed by atoms with Gasteiger partial charge in [-0.1, -0.05) is 12.1 Å². The quantitative estimate of drug-likeness (QED) is 0.434. The lowest BCUT2D eigenvalue weighted by Crippen LogP contribution is -2.21. The number of nitro benzene ring substituents is 1. The van der Waals surface area contributed by atoms with E-state index in [-0.39, 0.29) is 17.3 Å². The van der Waals surface area contributed by atoms with Gasteiger partial charge in [-0.25, -0.2) is 5.43 Å². The van der Waals surface area contributed by atoms with Gasteiger partial charge >= 0.3 is 0 Å². The molecule has 0 fully saturated rings. The molecule has 0 unspecified atom stereocenters. The second kappa shape index (κ2) is 9.23. The van der Waals surface area contributed by atoms with E-state index in [4.69, 9.17) is 9.47 Å². The van der Waals surface area contributed by atoms with Crippen LogP contribution in [-0.2, 0) is 10.5 Å². The molecule has 0 aromatic heterocycles. The van der Waals surface area contributed by atoms with Gasteiger partial charge in [-0.05, 0) is 30.7 Å². The zero-order valence-electron chi connectivity index (χ0n) is 15.2. The van der Waals surface area contributed by atoms with Crippen molar-refractivity contribution in [1.82, 2.24) is 5.43 Å². The summed E-state index contributed by atoms with van der Waals surface area (Å²) in [4.78, 5) is 22.3. The van der Waals surface area contributed by atoms with Crippen molar-refractivity contribution >= 4 is 29.1 Å². The van der Waals surface area contributed by atoms with E-state index in [0.29, 0.717) is 36.2 Å². The third kappa shape index (κ3) is 5.23. The molecular formula is C19H19N3O5S. The maximum absolute atomic E-state index is 12.0. The van der Waals surface area contributed by atoms with Crippen LogP contribution in [0.5, 0.6) is 11.5 Å². The summed E-state index contributed by atoms with van der Waals surface area (Å²) in [6, 6.07) is 11.9. The van der Waals surface area contributed by atoms with Crippen LogP contribution in [0, 0.1) is 10.1 Å². The number of carbonyl (C=O) groups is 1. The number of nitrogens with zero attached hydrogens (tertiary/aromatic N) is 2. The molecule has 1 N–H and O–H groups in total. The third-order valence-corrected chi connectivity index (χ3v) is 4.94. The number of hydrogen-bond acceptors (Lipinski definition) is 7. The number of carbonyl (C=O) groups excluding carboxylic acids is 1. The molecule has 146 valence electrons. The highest BCUT2D eigenvalue weighted by molar-refractivity contribution is 7.99. The van der Waals surface area contributed by atoms with Crippen molar-refractivity contribution in [3.8, 4) is 11.5 Å². The van der Waals surface area contributed by atoms with E-state index >= 15 is 0 Å². The Morgan fingerprint density at radius 1 is 1.21 bits per heavy atom. The van der Waals surface area contributed by atoms with Gasteiger partial charge in [0, 0.05) is 23.4 Å². The molecule has 9 heteroatoms. The number of ether oxygens (including phenoxy) is 2. The number of thioether (sulfide) groups is 1. The number of nitrogens with one attached hydrogen (secondary N) is 1. The van der Waals surface area contributed by atoms with Gasteiger partial charge in [0.05, 0.1) is 16.4 Å². The molecule has 1 heterocycles. The van der Waals surface area contributed by atoms with Crippen LogP contribution in [-0.4, -0.2) is 35.5 Å². The van der Waals surface area contributed by atoms with Gasteiger partial charge in [0.2, 0.25) is 5.91 Å². The second-order valence-corrected chi connectivity index (χ2v) is 7.00. The van der Waals surface area contributed by atoms with E-state index < -0.39 is 4.92 Å². The average Bonchev–Trinajstić information content (AvgIpc) is 2.72. The van der Waals surface area contributed by atoms with Crippen molar-refractivity contribution in [3.63, 3.8) is 0 Å². The van der Waals surface area contributed by atoms with Crippen LogP contribution in [0.25, 0.3) is 0 Å². The standard InChI is InChI=1S/C19H19N3O5S/c1-13(15-5-6-17-18(10-15)27-8-7-26-17)20-21-19(23)12-28-11-14-3-2-4-16(9-14)22(24)25/h2-6,9-10H,7-8,11-12H2,1H3,(H,21,23)/b20-13-. The molecule has 2 aromatic carbocycles. The first-order chi connectivity index (χ1) is 13.5. The maximum atomic E-state index is 12.0. The first kappa shape index (κ1) is 19.7. The van der Waals surface area contributed by atoms with Crippen LogP contribution in [0.1, 0.15) is 18.1 Å². The summed E-state index contributed by atoms with van der Waals surface area (Å²) < 4.78 is 11.0. The van der Waals surface area contributed by atoms with Crippen LogP contribution in [0.4, 0.5) is 5.69 Å². The van der Waals surface area contributed by atoms with Crippen LogP contribution in [0.15, 0.2) is 47.6 Å². The Kier molecular flexibility index (Phi) is 6.49. The maximum Gasteiger partial charge on any atom is 0.269 e. The number of nitro groups is 1. The number of fused-ring (bicyclic) bond motifs is 1. The van der Waals surface area contributed by atoms with E-state index in [0.717, 1.165) is 11.1 Å². The molecule has 0 aliphatic carbocycles. The minimum atomic E-state index is -0.434. The van der Waals surface area contributed by atoms with E-state index in [1.54, 1.807) is 19.1 Å². The van der Waals surface area contributed by atoms with Gasteiger partial charge in [-0.15, -0.1) is 11.8 Å². The smallest absolute Gasteiger partial charge is 0.269 e. The molecule has 8 nitrogen and oxygen atoms in total. The molecule has 0 spiro atoms. The van der Waals surface area contributed by atoms with Crippen molar-refractivity contribution in [2.24, 2.45) is 5.10 Å². The Hall–Kier alpha value is -3.07. The van der Waals surface area contributed by atoms with Crippen molar-refractivity contribution < 1.29 is 19.2 Å². The van der Waals surface area contributed by atoms with E-state index in [9.17, 15) is 14.9 Å². The Labute approximate surface area is 166 Å². The van der Waals surface area contributed by atoms with Crippen LogP contribution >= 0.6 is 11.8 Å². The highest BCUT2D eigenvalue weighted by Crippen LogP contribution is 2.30. The third-order valence-electron chi connectivity index (χ3n) is 3.93. The first-order valence-electron chi connectivity index (χ1n) is 8.57. The molecule has 0 atom stereocenters. The van der Waals surface area contributed by atoms with Crippen molar-refractivity contribution in [2.75, 3.05) is 19.0 Å². The summed E-state index contributed by atoms with van der Waals surface area (Å²) in [6.07, 6.45) is 0. The monoisotopic (exact) mass is 401 g/mol. The Morgan fingerprint density at radius 2 is 2.00 bits per heavy atom. The zero-order valence-corrected chi connectivity index (χ0v) is 16.0. The van der Waals surface area contributed by atoms with Gasteiger partial charge in [-0.3, -0.25) is 14.9 Å². The number of amides is 1. The number of rotatable bonds is 7. The van der Waals surface area contributed by atoms with Crippen molar-refractivity contribution in [2.45, 2.75) is 12.7 Å². The predicted octanol–water partition coefficient (Wildman–Crippen LogP) is 3.14. The second-order valence-electron chi connectivity index (χ2n) is 6.01. The topological polar surface area (TPSA) is 103 Å². The lowest BCUT2D eigenvalue weighted by molar-refractivity contribution is -0.384. The van der Waals surface area contributed by atoms with Crippen molar-refractivity contribution in [1.29, 1.82) is 0 Å². The molecule has 0 saturated carbocycles. The molecule has 0 bridgehead atoms. The van der Waals surface area contributed by atoms with Gasteiger partial charge in [-0.2, -0.15) is 5.10 Å². The summed E-state index contributed by atoms with van der Waals surface area (Å²) in [6.45, 7) is 2.83. The predicted molar refractivity (Wildman–Crippen MR) is 107 cm³/mol. The van der Waals surface area contributed by atoms with Crippen LogP contribution in [0.3, 0.4) is 0 Å². The van der Waals surface area contributed by atoms with Gasteiger partial charge in [0.15, 0.2) is 11.5 Å². The first-order valence-corrected chi connectivity index (χ1v) is 9.72. The van der Waals surface area contributed by atoms with Gasteiger partial charge in [0.25, 0.3) is 5.69 Å². The summed E-state index contributed by atoms with van der Waals surface area (Å²) >= 11 is 1.36. The molecule has 0 saturated heterocycles. The summed E-state index contributed by atoms with van der Waals surface area (Å²) in [7, 11) is 0. The summed E-state index contributed by atoms with van der Waals surface area (Å²) in [5, 5.41) is 14.9. The van der Waals surface area contributed by atoms with E-state index in [1.165, 1.54) is 23.9 Å². The lowest BCUT2D eigenvalue weighted by atomic mass is 10.1. The van der Waals surface area contributed by atoms with Crippen LogP contribution in [0.2, 0.25) is 0 Å². The fourth-order valence-corrected chi connectivity index (χ4v) is 3.30. The minimum absolute atomic E-state index is 0.0437. The molecule has 1 amide bonds. The minimum Gasteiger partial charge on any atom is -0.486 e. The molecule has 2 aromatic rings. The largest absolute Gasteiger partial charge is 0.486 e. The summed E-state index contributed by atoms with van der Waals surface area (Å²) in [5.41, 5.74) is 4.84. The summed E-state index contributed by atoms with van der Waals surface area (Å²) in [5.74, 6) is 1.81. The SMILES string of the molecule is C/C(=N/NC(=O)CSCc1cccc([N+](=O)[O-])c1)c1ccc2c(c1)OCCO2. The fourth-order valence-electron chi connectivity index (χ4n) is 2.53. The number of non-ortho nitro benzene ring substituents is 1. The van der Waals surface area contributed by atoms with Gasteiger partial charge in [0.1, 0.15) is 13.2 Å². The number of hydrogen-bond donors (Lipinski definition) is 1. The molecule has 28 heavy (non-hydrogen) atoms. The van der Waals surface area contributed by atoms with Gasteiger partial charge < -0.3 is 9.47 Å². The van der Waals surface area contributed by atoms with E-state index in [2.05, 4.69) is 10.5 Å². The molecular weight excluding hydrogens is 382 g/mol. The zero-order chi connectivity index (χ0) is 19.9. The van der Waals surface area contributed by atoms with E-state index in [1.807, 2.05) is 18.2 Å². The average molecular weight is 401 g/mol. The van der Waals surface area contributed by atoms with Crippen molar-refractivity contribution in [3.05, 3.63) is 63.7 Å². The lowest BCUT2D eigenvalue weighted by Gasteiger charge is -2.18.